The third-order valence-electron chi connectivity index (χ3n) is 1.92. The average Bonchev–Trinajstić information content (AvgIpc) is 2.56. The first-order chi connectivity index (χ1) is 6.77. The second-order valence-electron chi connectivity index (χ2n) is 2.87. The molecule has 72 valence electrons. The minimum atomic E-state index is 0.431. The summed E-state index contributed by atoms with van der Waals surface area (Å²) >= 11 is 3.46. The molecular weight excluding hydrogens is 244 g/mol. The van der Waals surface area contributed by atoms with Crippen LogP contribution in [0.5, 0.6) is 0 Å². The highest BCUT2D eigenvalue weighted by atomic mass is 79.9. The van der Waals surface area contributed by atoms with Crippen molar-refractivity contribution < 1.29 is 0 Å². The van der Waals surface area contributed by atoms with Gasteiger partial charge in [0, 0.05) is 4.47 Å². The van der Waals surface area contributed by atoms with Crippen molar-refractivity contribution in [3.8, 4) is 0 Å². The maximum atomic E-state index is 5.61. The summed E-state index contributed by atoms with van der Waals surface area (Å²) in [6.45, 7) is 0.632. The summed E-state index contributed by atoms with van der Waals surface area (Å²) in [7, 11) is 0. The van der Waals surface area contributed by atoms with E-state index in [1.807, 2.05) is 24.3 Å². The predicted molar refractivity (Wildman–Crippen MR) is 57.7 cm³/mol. The Hall–Kier alpha value is -1.36. The first kappa shape index (κ1) is 9.21. The number of nitrogens with two attached hydrogens (primary N) is 1. The number of rotatable bonds is 2. The number of aromatic nitrogens is 3. The van der Waals surface area contributed by atoms with E-state index in [1.165, 1.54) is 6.33 Å². The Kier molecular flexibility index (Phi) is 2.49. The molecule has 0 aliphatic heterocycles. The molecule has 1 aromatic carbocycles. The second-order valence-corrected chi connectivity index (χ2v) is 3.72. The van der Waals surface area contributed by atoms with Crippen LogP contribution in [0.25, 0.3) is 0 Å². The summed E-state index contributed by atoms with van der Waals surface area (Å²) in [4.78, 5) is 3.86. The van der Waals surface area contributed by atoms with Crippen LogP contribution in [0.1, 0.15) is 5.56 Å². The molecule has 1 heterocycles. The minimum Gasteiger partial charge on any atom is -0.368 e. The number of nitrogens with zero attached hydrogens (tertiary/aromatic N) is 3. The van der Waals surface area contributed by atoms with Crippen LogP contribution < -0.4 is 5.73 Å². The van der Waals surface area contributed by atoms with Crippen LogP contribution in [-0.2, 0) is 6.54 Å². The van der Waals surface area contributed by atoms with E-state index in [0.29, 0.717) is 12.5 Å². The van der Waals surface area contributed by atoms with Crippen LogP contribution in [0.3, 0.4) is 0 Å². The zero-order valence-corrected chi connectivity index (χ0v) is 8.98. The maximum Gasteiger partial charge on any atom is 0.218 e. The lowest BCUT2D eigenvalue weighted by Gasteiger charge is -2.04. The van der Waals surface area contributed by atoms with Crippen LogP contribution in [0, 0.1) is 0 Å². The van der Waals surface area contributed by atoms with Crippen molar-refractivity contribution in [2.75, 3.05) is 5.73 Å². The van der Waals surface area contributed by atoms with Gasteiger partial charge in [-0.15, -0.1) is 0 Å². The Labute approximate surface area is 89.9 Å². The van der Waals surface area contributed by atoms with E-state index in [9.17, 15) is 0 Å². The van der Waals surface area contributed by atoms with Gasteiger partial charge in [0.05, 0.1) is 6.54 Å². The molecule has 2 aromatic rings. The molecule has 2 rings (SSSR count). The van der Waals surface area contributed by atoms with Gasteiger partial charge in [0.15, 0.2) is 0 Å². The zero-order chi connectivity index (χ0) is 9.97. The minimum absolute atomic E-state index is 0.431. The predicted octanol–water partition coefficient (Wildman–Crippen LogP) is 1.67. The van der Waals surface area contributed by atoms with E-state index >= 15 is 0 Å². The van der Waals surface area contributed by atoms with Crippen LogP contribution in [0.15, 0.2) is 35.1 Å². The number of hydrogen-bond acceptors (Lipinski definition) is 3. The number of anilines is 1. The third kappa shape index (κ3) is 1.77. The van der Waals surface area contributed by atoms with E-state index < -0.39 is 0 Å². The molecule has 5 heteroatoms. The van der Waals surface area contributed by atoms with Crippen LogP contribution in [0.4, 0.5) is 5.95 Å². The first-order valence-electron chi connectivity index (χ1n) is 4.14. The number of hydrogen-bond donors (Lipinski definition) is 1. The van der Waals surface area contributed by atoms with Gasteiger partial charge in [-0.3, -0.25) is 0 Å². The van der Waals surface area contributed by atoms with E-state index in [-0.39, 0.29) is 0 Å². The quantitative estimate of drug-likeness (QED) is 0.885. The van der Waals surface area contributed by atoms with Crippen LogP contribution >= 0.6 is 15.9 Å². The normalized spacial score (nSPS) is 10.4. The Morgan fingerprint density at radius 3 is 2.79 bits per heavy atom. The SMILES string of the molecule is Nc1ncnn1Cc1ccccc1Br. The van der Waals surface area contributed by atoms with E-state index in [0.717, 1.165) is 10.0 Å². The highest BCUT2D eigenvalue weighted by Gasteiger charge is 2.03. The van der Waals surface area contributed by atoms with Crippen molar-refractivity contribution in [3.63, 3.8) is 0 Å². The first-order valence-corrected chi connectivity index (χ1v) is 4.93. The number of benzene rings is 1. The van der Waals surface area contributed by atoms with Gasteiger partial charge in [0.25, 0.3) is 0 Å². The van der Waals surface area contributed by atoms with Crippen molar-refractivity contribution in [1.29, 1.82) is 0 Å². The molecule has 0 amide bonds. The fourth-order valence-electron chi connectivity index (χ4n) is 1.18. The maximum absolute atomic E-state index is 5.61. The molecular formula is C9H9BrN4. The largest absolute Gasteiger partial charge is 0.368 e. The fourth-order valence-corrected chi connectivity index (χ4v) is 1.59. The molecule has 2 N–H and O–H groups in total. The van der Waals surface area contributed by atoms with E-state index in [4.69, 9.17) is 5.73 Å². The van der Waals surface area contributed by atoms with Gasteiger partial charge in [-0.2, -0.15) is 5.10 Å². The summed E-state index contributed by atoms with van der Waals surface area (Å²) in [6, 6.07) is 7.96. The standard InChI is InChI=1S/C9H9BrN4/c10-8-4-2-1-3-7(8)5-14-9(11)12-6-13-14/h1-4,6H,5H2,(H2,11,12,13). The van der Waals surface area contributed by atoms with Crippen molar-refractivity contribution in [2.24, 2.45) is 0 Å². The molecule has 1 aromatic heterocycles. The molecule has 0 radical (unpaired) electrons. The Morgan fingerprint density at radius 2 is 2.14 bits per heavy atom. The lowest BCUT2D eigenvalue weighted by atomic mass is 10.2. The number of halogens is 1. The summed E-state index contributed by atoms with van der Waals surface area (Å²) in [5, 5.41) is 4.01. The van der Waals surface area contributed by atoms with Crippen molar-refractivity contribution >= 4 is 21.9 Å². The lowest BCUT2D eigenvalue weighted by molar-refractivity contribution is 0.694. The molecule has 0 aliphatic rings. The Bertz CT molecular complexity index is 438. The van der Waals surface area contributed by atoms with Crippen molar-refractivity contribution in [2.45, 2.75) is 6.54 Å². The van der Waals surface area contributed by atoms with Gasteiger partial charge in [-0.05, 0) is 11.6 Å². The van der Waals surface area contributed by atoms with Gasteiger partial charge in [-0.25, -0.2) is 9.67 Å². The fraction of sp³-hybridized carbons (Fsp3) is 0.111. The van der Waals surface area contributed by atoms with Gasteiger partial charge >= 0.3 is 0 Å². The molecule has 0 unspecified atom stereocenters. The molecule has 0 bridgehead atoms. The zero-order valence-electron chi connectivity index (χ0n) is 7.39. The van der Waals surface area contributed by atoms with Gasteiger partial charge in [-0.1, -0.05) is 34.1 Å². The summed E-state index contributed by atoms with van der Waals surface area (Å²) in [6.07, 6.45) is 1.45. The smallest absolute Gasteiger partial charge is 0.218 e. The highest BCUT2D eigenvalue weighted by Crippen LogP contribution is 2.17. The molecule has 4 nitrogen and oxygen atoms in total. The van der Waals surface area contributed by atoms with Crippen LogP contribution in [0.2, 0.25) is 0 Å². The van der Waals surface area contributed by atoms with Crippen LogP contribution in [-0.4, -0.2) is 14.8 Å². The van der Waals surface area contributed by atoms with Gasteiger partial charge < -0.3 is 5.73 Å². The van der Waals surface area contributed by atoms with E-state index in [1.54, 1.807) is 4.68 Å². The molecule has 0 fully saturated rings. The molecule has 0 atom stereocenters. The molecule has 0 aliphatic carbocycles. The number of nitrogen functional groups attached to an aromatic ring is 1. The van der Waals surface area contributed by atoms with Gasteiger partial charge in [0.2, 0.25) is 5.95 Å². The summed E-state index contributed by atoms with van der Waals surface area (Å²) in [5.41, 5.74) is 6.74. The monoisotopic (exact) mass is 252 g/mol. The molecule has 14 heavy (non-hydrogen) atoms. The summed E-state index contributed by atoms with van der Waals surface area (Å²) in [5.74, 6) is 0.431. The van der Waals surface area contributed by atoms with E-state index in [2.05, 4.69) is 26.0 Å². The van der Waals surface area contributed by atoms with Crippen molar-refractivity contribution in [1.82, 2.24) is 14.8 Å². The Morgan fingerprint density at radius 1 is 1.36 bits per heavy atom. The lowest BCUT2D eigenvalue weighted by Crippen LogP contribution is -2.06. The highest BCUT2D eigenvalue weighted by molar-refractivity contribution is 9.10. The topological polar surface area (TPSA) is 56.7 Å². The Balaban J connectivity index is 2.28. The van der Waals surface area contributed by atoms with Gasteiger partial charge in [0.1, 0.15) is 6.33 Å². The second kappa shape index (κ2) is 3.79. The molecule has 0 saturated heterocycles. The third-order valence-corrected chi connectivity index (χ3v) is 2.70. The average molecular weight is 253 g/mol. The van der Waals surface area contributed by atoms with Crippen molar-refractivity contribution in [3.05, 3.63) is 40.6 Å². The summed E-state index contributed by atoms with van der Waals surface area (Å²) < 4.78 is 2.70. The molecule has 0 spiro atoms. The molecule has 0 saturated carbocycles.